The Morgan fingerprint density at radius 2 is 1.92 bits per heavy atom. The summed E-state index contributed by atoms with van der Waals surface area (Å²) in [7, 11) is 0. The van der Waals surface area contributed by atoms with Crippen molar-refractivity contribution in [1.29, 1.82) is 0 Å². The van der Waals surface area contributed by atoms with E-state index in [-0.39, 0.29) is 13.2 Å². The zero-order chi connectivity index (χ0) is 17.4. The first-order valence-electron chi connectivity index (χ1n) is 7.79. The van der Waals surface area contributed by atoms with Crippen molar-refractivity contribution in [3.8, 4) is 11.6 Å². The number of rotatable bonds is 9. The molecule has 2 N–H and O–H groups in total. The molecular weight excluding hydrogens is 330 g/mol. The molecule has 0 spiro atoms. The minimum absolute atomic E-state index is 0.206. The Balaban J connectivity index is 1.88. The SMILES string of the molecule is CC(C)NCC(O)COc1ccccc1COc1ccc(Cl)nn1. The molecule has 0 fully saturated rings. The second-order valence-electron chi connectivity index (χ2n) is 5.62. The number of nitrogens with zero attached hydrogens (tertiary/aromatic N) is 2. The van der Waals surface area contributed by atoms with E-state index in [0.29, 0.717) is 29.4 Å². The molecule has 0 aliphatic carbocycles. The molecule has 0 aliphatic heterocycles. The molecule has 1 aromatic heterocycles. The molecule has 2 rings (SSSR count). The Kier molecular flexibility index (Phi) is 7.24. The van der Waals surface area contributed by atoms with Crippen molar-refractivity contribution in [2.45, 2.75) is 32.6 Å². The van der Waals surface area contributed by atoms with Crippen LogP contribution in [0.15, 0.2) is 36.4 Å². The maximum atomic E-state index is 9.93. The van der Waals surface area contributed by atoms with Crippen molar-refractivity contribution in [2.75, 3.05) is 13.2 Å². The van der Waals surface area contributed by atoms with E-state index in [1.165, 1.54) is 0 Å². The molecule has 1 unspecified atom stereocenters. The topological polar surface area (TPSA) is 76.5 Å². The maximum absolute atomic E-state index is 9.93. The first-order chi connectivity index (χ1) is 11.5. The number of halogens is 1. The van der Waals surface area contributed by atoms with Crippen LogP contribution in [0.25, 0.3) is 0 Å². The van der Waals surface area contributed by atoms with Crippen molar-refractivity contribution in [3.05, 3.63) is 47.1 Å². The van der Waals surface area contributed by atoms with Gasteiger partial charge in [0.1, 0.15) is 25.1 Å². The molecule has 7 heteroatoms. The van der Waals surface area contributed by atoms with E-state index in [9.17, 15) is 5.11 Å². The van der Waals surface area contributed by atoms with Crippen LogP contribution in [0.2, 0.25) is 5.15 Å². The molecule has 1 aromatic carbocycles. The number of ether oxygens (including phenoxy) is 2. The van der Waals surface area contributed by atoms with Crippen LogP contribution in [0.5, 0.6) is 11.6 Å². The lowest BCUT2D eigenvalue weighted by atomic mass is 10.2. The number of aliphatic hydroxyl groups is 1. The third-order valence-corrected chi connectivity index (χ3v) is 3.35. The molecule has 6 nitrogen and oxygen atoms in total. The fourth-order valence-corrected chi connectivity index (χ4v) is 2.01. The first kappa shape index (κ1) is 18.4. The van der Waals surface area contributed by atoms with Crippen LogP contribution in [0.1, 0.15) is 19.4 Å². The summed E-state index contributed by atoms with van der Waals surface area (Å²) in [4.78, 5) is 0. The van der Waals surface area contributed by atoms with Crippen LogP contribution in [0.3, 0.4) is 0 Å². The summed E-state index contributed by atoms with van der Waals surface area (Å²) in [6.07, 6.45) is -0.580. The van der Waals surface area contributed by atoms with E-state index >= 15 is 0 Å². The van der Waals surface area contributed by atoms with Crippen LogP contribution in [-0.2, 0) is 6.61 Å². The summed E-state index contributed by atoms with van der Waals surface area (Å²) in [5, 5.41) is 21.0. The maximum Gasteiger partial charge on any atom is 0.233 e. The molecule has 1 atom stereocenters. The second kappa shape index (κ2) is 9.42. The quantitative estimate of drug-likeness (QED) is 0.722. The first-order valence-corrected chi connectivity index (χ1v) is 8.16. The average Bonchev–Trinajstić information content (AvgIpc) is 2.58. The van der Waals surface area contributed by atoms with Gasteiger partial charge in [-0.3, -0.25) is 0 Å². The van der Waals surface area contributed by atoms with Crippen LogP contribution in [-0.4, -0.2) is 40.6 Å². The molecule has 0 aliphatic rings. The smallest absolute Gasteiger partial charge is 0.233 e. The van der Waals surface area contributed by atoms with Gasteiger partial charge in [-0.05, 0) is 12.1 Å². The van der Waals surface area contributed by atoms with Gasteiger partial charge in [0.25, 0.3) is 0 Å². The number of aliphatic hydroxyl groups excluding tert-OH is 1. The van der Waals surface area contributed by atoms with E-state index in [4.69, 9.17) is 21.1 Å². The van der Waals surface area contributed by atoms with Crippen LogP contribution < -0.4 is 14.8 Å². The fraction of sp³-hybridized carbons (Fsp3) is 0.412. The van der Waals surface area contributed by atoms with E-state index < -0.39 is 6.10 Å². The van der Waals surface area contributed by atoms with Gasteiger partial charge in [0, 0.05) is 24.2 Å². The molecule has 24 heavy (non-hydrogen) atoms. The molecular formula is C17H22ClN3O3. The van der Waals surface area contributed by atoms with Crippen molar-refractivity contribution >= 4 is 11.6 Å². The molecule has 130 valence electrons. The third-order valence-electron chi connectivity index (χ3n) is 3.15. The van der Waals surface area contributed by atoms with E-state index in [2.05, 4.69) is 15.5 Å². The third kappa shape index (κ3) is 6.31. The van der Waals surface area contributed by atoms with Gasteiger partial charge in [0.2, 0.25) is 5.88 Å². The highest BCUT2D eigenvalue weighted by Gasteiger charge is 2.09. The normalized spacial score (nSPS) is 12.2. The number of hydrogen-bond donors (Lipinski definition) is 2. The lowest BCUT2D eigenvalue weighted by Crippen LogP contribution is -2.35. The predicted molar refractivity (Wildman–Crippen MR) is 92.5 cm³/mol. The zero-order valence-corrected chi connectivity index (χ0v) is 14.5. The van der Waals surface area contributed by atoms with Crippen molar-refractivity contribution in [2.24, 2.45) is 0 Å². The summed E-state index contributed by atoms with van der Waals surface area (Å²) >= 11 is 5.69. The Labute approximate surface area is 146 Å². The van der Waals surface area contributed by atoms with Gasteiger partial charge in [-0.15, -0.1) is 10.2 Å². The monoisotopic (exact) mass is 351 g/mol. The predicted octanol–water partition coefficient (Wildman–Crippen LogP) is 2.45. The van der Waals surface area contributed by atoms with Gasteiger partial charge in [0.05, 0.1) is 0 Å². The van der Waals surface area contributed by atoms with Crippen molar-refractivity contribution in [3.63, 3.8) is 0 Å². The number of aromatic nitrogens is 2. The number of nitrogens with one attached hydrogen (secondary N) is 1. The summed E-state index contributed by atoms with van der Waals surface area (Å²) in [5.74, 6) is 1.05. The highest BCUT2D eigenvalue weighted by atomic mass is 35.5. The summed E-state index contributed by atoms with van der Waals surface area (Å²) < 4.78 is 11.3. The molecule has 1 heterocycles. The molecule has 0 saturated carbocycles. The molecule has 0 saturated heterocycles. The summed E-state index contributed by atoms with van der Waals surface area (Å²) in [6, 6.07) is 11.1. The van der Waals surface area contributed by atoms with Crippen molar-refractivity contribution in [1.82, 2.24) is 15.5 Å². The van der Waals surface area contributed by atoms with E-state index in [1.807, 2.05) is 38.1 Å². The second-order valence-corrected chi connectivity index (χ2v) is 6.01. The minimum Gasteiger partial charge on any atom is -0.490 e. The number of benzene rings is 1. The van der Waals surface area contributed by atoms with Gasteiger partial charge in [-0.25, -0.2) is 0 Å². The Hall–Kier alpha value is -1.89. The van der Waals surface area contributed by atoms with E-state index in [0.717, 1.165) is 5.56 Å². The average molecular weight is 352 g/mol. The van der Waals surface area contributed by atoms with Crippen LogP contribution >= 0.6 is 11.6 Å². The van der Waals surface area contributed by atoms with Gasteiger partial charge >= 0.3 is 0 Å². The van der Waals surface area contributed by atoms with Gasteiger partial charge in [-0.2, -0.15) is 0 Å². The van der Waals surface area contributed by atoms with Crippen LogP contribution in [0.4, 0.5) is 0 Å². The standard InChI is InChI=1S/C17H22ClN3O3/c1-12(2)19-9-14(22)11-23-15-6-4-3-5-13(15)10-24-17-8-7-16(18)20-21-17/h3-8,12,14,19,22H,9-11H2,1-2H3. The molecule has 0 radical (unpaired) electrons. The fourth-order valence-electron chi connectivity index (χ4n) is 1.91. The zero-order valence-electron chi connectivity index (χ0n) is 13.8. The lowest BCUT2D eigenvalue weighted by molar-refractivity contribution is 0.103. The van der Waals surface area contributed by atoms with Gasteiger partial charge < -0.3 is 19.9 Å². The van der Waals surface area contributed by atoms with Gasteiger partial charge in [-0.1, -0.05) is 43.6 Å². The van der Waals surface area contributed by atoms with Gasteiger partial charge in [0.15, 0.2) is 5.15 Å². The largest absolute Gasteiger partial charge is 0.490 e. The highest BCUT2D eigenvalue weighted by molar-refractivity contribution is 6.29. The Morgan fingerprint density at radius 3 is 2.62 bits per heavy atom. The Bertz CT molecular complexity index is 623. The molecule has 0 amide bonds. The summed E-state index contributed by atoms with van der Waals surface area (Å²) in [6.45, 7) is 5.03. The molecule has 2 aromatic rings. The highest BCUT2D eigenvalue weighted by Crippen LogP contribution is 2.20. The number of para-hydroxylation sites is 1. The lowest BCUT2D eigenvalue weighted by Gasteiger charge is -2.16. The number of hydrogen-bond acceptors (Lipinski definition) is 6. The summed E-state index contributed by atoms with van der Waals surface area (Å²) in [5.41, 5.74) is 0.860. The Morgan fingerprint density at radius 1 is 1.12 bits per heavy atom. The van der Waals surface area contributed by atoms with E-state index in [1.54, 1.807) is 12.1 Å². The minimum atomic E-state index is -0.580. The van der Waals surface area contributed by atoms with Crippen LogP contribution in [0, 0.1) is 0 Å². The molecule has 0 bridgehead atoms. The van der Waals surface area contributed by atoms with Crippen molar-refractivity contribution < 1.29 is 14.6 Å².